The minimum atomic E-state index is -3.69. The lowest BCUT2D eigenvalue weighted by molar-refractivity contribution is -0.136. The third-order valence-corrected chi connectivity index (χ3v) is 7.73. The summed E-state index contributed by atoms with van der Waals surface area (Å²) in [7, 11) is -1.93. The molecule has 1 aliphatic heterocycles. The summed E-state index contributed by atoms with van der Waals surface area (Å²) >= 11 is 0. The van der Waals surface area contributed by atoms with Crippen LogP contribution in [0.5, 0.6) is 0 Å². The molecule has 31 heavy (non-hydrogen) atoms. The zero-order valence-electron chi connectivity index (χ0n) is 18.0. The summed E-state index contributed by atoms with van der Waals surface area (Å²) in [5, 5.41) is 0.806. The maximum atomic E-state index is 13.3. The van der Waals surface area contributed by atoms with E-state index in [0.717, 1.165) is 22.5 Å². The molecule has 0 N–H and O–H groups in total. The quantitative estimate of drug-likeness (QED) is 0.605. The number of nitrogens with zero attached hydrogens (tertiary/aromatic N) is 3. The number of sulfonamides is 1. The van der Waals surface area contributed by atoms with Crippen LogP contribution in [0.25, 0.3) is 10.9 Å². The van der Waals surface area contributed by atoms with Gasteiger partial charge in [0.1, 0.15) is 16.4 Å². The molecule has 8 heteroatoms. The SMILES string of the molecule is Cc1cnc2c(S(=O)(=O)N3CCC(C(=O)N(C)Cc4ccc(C)o4)CC3)cccc2c1. The lowest BCUT2D eigenvalue weighted by Crippen LogP contribution is -2.43. The van der Waals surface area contributed by atoms with E-state index in [2.05, 4.69) is 4.98 Å². The minimum Gasteiger partial charge on any atom is -0.464 e. The van der Waals surface area contributed by atoms with Gasteiger partial charge in [0.25, 0.3) is 0 Å². The van der Waals surface area contributed by atoms with Crippen LogP contribution < -0.4 is 0 Å². The van der Waals surface area contributed by atoms with E-state index in [1.807, 2.05) is 38.1 Å². The van der Waals surface area contributed by atoms with Crippen molar-refractivity contribution in [3.63, 3.8) is 0 Å². The molecule has 0 spiro atoms. The highest BCUT2D eigenvalue weighted by molar-refractivity contribution is 7.89. The molecule has 0 atom stereocenters. The first-order valence-electron chi connectivity index (χ1n) is 10.4. The molecule has 0 radical (unpaired) electrons. The molecule has 4 rings (SSSR count). The van der Waals surface area contributed by atoms with Crippen LogP contribution in [0.1, 0.15) is 29.9 Å². The zero-order valence-corrected chi connectivity index (χ0v) is 18.9. The zero-order chi connectivity index (χ0) is 22.2. The normalized spacial score (nSPS) is 16.0. The van der Waals surface area contributed by atoms with Crippen LogP contribution in [0.3, 0.4) is 0 Å². The monoisotopic (exact) mass is 441 g/mol. The third-order valence-electron chi connectivity index (χ3n) is 5.80. The van der Waals surface area contributed by atoms with Gasteiger partial charge in [0.05, 0.1) is 12.1 Å². The number of piperidine rings is 1. The molecule has 1 saturated heterocycles. The number of furan rings is 1. The number of para-hydroxylation sites is 1. The second-order valence-electron chi connectivity index (χ2n) is 8.23. The first-order valence-corrected chi connectivity index (χ1v) is 11.9. The molecule has 0 saturated carbocycles. The Morgan fingerprint density at radius 1 is 1.19 bits per heavy atom. The van der Waals surface area contributed by atoms with E-state index in [9.17, 15) is 13.2 Å². The Hall–Kier alpha value is -2.71. The van der Waals surface area contributed by atoms with Gasteiger partial charge in [-0.15, -0.1) is 0 Å². The van der Waals surface area contributed by atoms with Crippen molar-refractivity contribution in [3.05, 3.63) is 59.7 Å². The van der Waals surface area contributed by atoms with Gasteiger partial charge in [-0.25, -0.2) is 8.42 Å². The Balaban J connectivity index is 1.45. The van der Waals surface area contributed by atoms with Crippen LogP contribution in [0.15, 0.2) is 51.9 Å². The number of hydrogen-bond acceptors (Lipinski definition) is 5. The Morgan fingerprint density at radius 2 is 1.94 bits per heavy atom. The van der Waals surface area contributed by atoms with Gasteiger partial charge in [0.2, 0.25) is 15.9 Å². The molecular formula is C23H27N3O4S. The van der Waals surface area contributed by atoms with Crippen molar-refractivity contribution in [1.29, 1.82) is 0 Å². The molecule has 0 unspecified atom stereocenters. The van der Waals surface area contributed by atoms with Crippen LogP contribution in [0.4, 0.5) is 0 Å². The fraction of sp³-hybridized carbons (Fsp3) is 0.391. The molecule has 0 bridgehead atoms. The van der Waals surface area contributed by atoms with Crippen molar-refractivity contribution in [3.8, 4) is 0 Å². The fourth-order valence-electron chi connectivity index (χ4n) is 4.13. The van der Waals surface area contributed by atoms with Crippen molar-refractivity contribution in [2.75, 3.05) is 20.1 Å². The first kappa shape index (κ1) is 21.5. The van der Waals surface area contributed by atoms with Crippen molar-refractivity contribution < 1.29 is 17.6 Å². The number of aromatic nitrogens is 1. The lowest BCUT2D eigenvalue weighted by Gasteiger charge is -2.32. The second kappa shape index (κ2) is 8.43. The topological polar surface area (TPSA) is 83.7 Å². The molecule has 7 nitrogen and oxygen atoms in total. The van der Waals surface area contributed by atoms with Gasteiger partial charge < -0.3 is 9.32 Å². The van der Waals surface area contributed by atoms with Crippen molar-refractivity contribution in [2.45, 2.75) is 38.1 Å². The van der Waals surface area contributed by atoms with E-state index in [4.69, 9.17) is 4.42 Å². The first-order chi connectivity index (χ1) is 14.8. The number of carbonyl (C=O) groups excluding carboxylic acids is 1. The van der Waals surface area contributed by atoms with Gasteiger partial charge in [0, 0.05) is 37.6 Å². The predicted octanol–water partition coefficient (Wildman–Crippen LogP) is 3.50. The van der Waals surface area contributed by atoms with Crippen LogP contribution in [0.2, 0.25) is 0 Å². The highest BCUT2D eigenvalue weighted by atomic mass is 32.2. The number of hydrogen-bond donors (Lipinski definition) is 0. The molecule has 1 aliphatic rings. The molecule has 1 fully saturated rings. The molecule has 164 valence electrons. The van der Waals surface area contributed by atoms with Gasteiger partial charge in [-0.1, -0.05) is 12.1 Å². The van der Waals surface area contributed by atoms with Crippen LogP contribution >= 0.6 is 0 Å². The Labute approximate surface area is 182 Å². The smallest absolute Gasteiger partial charge is 0.245 e. The average Bonchev–Trinajstić information content (AvgIpc) is 3.17. The average molecular weight is 442 g/mol. The minimum absolute atomic E-state index is 0.0217. The maximum Gasteiger partial charge on any atom is 0.245 e. The second-order valence-corrected chi connectivity index (χ2v) is 10.1. The largest absolute Gasteiger partial charge is 0.464 e. The Kier molecular flexibility index (Phi) is 5.85. The molecule has 1 aromatic carbocycles. The Morgan fingerprint density at radius 3 is 2.61 bits per heavy atom. The lowest BCUT2D eigenvalue weighted by atomic mass is 9.96. The van der Waals surface area contributed by atoms with E-state index in [-0.39, 0.29) is 16.7 Å². The highest BCUT2D eigenvalue weighted by Gasteiger charge is 2.34. The van der Waals surface area contributed by atoms with E-state index < -0.39 is 10.0 Å². The number of carbonyl (C=O) groups is 1. The number of pyridine rings is 1. The van der Waals surface area contributed by atoms with Gasteiger partial charge in [-0.2, -0.15) is 4.31 Å². The maximum absolute atomic E-state index is 13.3. The standard InChI is InChI=1S/C23H27N3O4S/c1-16-13-19-5-4-6-21(22(19)24-14-16)31(28,29)26-11-9-18(10-12-26)23(27)25(3)15-20-8-7-17(2)30-20/h4-8,13-14,18H,9-12,15H2,1-3H3. The van der Waals surface area contributed by atoms with Crippen LogP contribution in [-0.2, 0) is 21.4 Å². The van der Waals surface area contributed by atoms with Crippen LogP contribution in [0, 0.1) is 19.8 Å². The molecule has 1 amide bonds. The summed E-state index contributed by atoms with van der Waals surface area (Å²) in [6.07, 6.45) is 2.68. The van der Waals surface area contributed by atoms with Gasteiger partial charge in [0.15, 0.2) is 0 Å². The van der Waals surface area contributed by atoms with Crippen LogP contribution in [-0.4, -0.2) is 48.7 Å². The van der Waals surface area contributed by atoms with Crippen molar-refractivity contribution in [1.82, 2.24) is 14.2 Å². The summed E-state index contributed by atoms with van der Waals surface area (Å²) < 4.78 is 33.7. The van der Waals surface area contributed by atoms with Gasteiger partial charge >= 0.3 is 0 Å². The Bertz CT molecular complexity index is 1210. The summed E-state index contributed by atoms with van der Waals surface area (Å²) in [5.41, 5.74) is 1.47. The van der Waals surface area contributed by atoms with E-state index in [1.54, 1.807) is 30.3 Å². The van der Waals surface area contributed by atoms with Gasteiger partial charge in [-0.05, 0) is 56.5 Å². The molecular weight excluding hydrogens is 414 g/mol. The van der Waals surface area contributed by atoms with E-state index in [1.165, 1.54) is 4.31 Å². The van der Waals surface area contributed by atoms with Crippen molar-refractivity contribution in [2.24, 2.45) is 5.92 Å². The van der Waals surface area contributed by atoms with Gasteiger partial charge in [-0.3, -0.25) is 9.78 Å². The molecule has 0 aliphatic carbocycles. The number of benzene rings is 1. The highest BCUT2D eigenvalue weighted by Crippen LogP contribution is 2.29. The number of rotatable bonds is 5. The van der Waals surface area contributed by atoms with E-state index in [0.29, 0.717) is 38.0 Å². The summed E-state index contributed by atoms with van der Waals surface area (Å²) in [6, 6.07) is 10.9. The predicted molar refractivity (Wildman–Crippen MR) is 118 cm³/mol. The number of amides is 1. The summed E-state index contributed by atoms with van der Waals surface area (Å²) in [5.74, 6) is 1.38. The molecule has 2 aromatic heterocycles. The number of aryl methyl sites for hydroxylation is 2. The van der Waals surface area contributed by atoms with Crippen molar-refractivity contribution >= 4 is 26.8 Å². The fourth-order valence-corrected chi connectivity index (χ4v) is 5.76. The summed E-state index contributed by atoms with van der Waals surface area (Å²) in [6.45, 7) is 4.84. The summed E-state index contributed by atoms with van der Waals surface area (Å²) in [4.78, 5) is 19.1. The third kappa shape index (κ3) is 4.36. The molecule has 3 aromatic rings. The van der Waals surface area contributed by atoms with E-state index >= 15 is 0 Å². The number of fused-ring (bicyclic) bond motifs is 1. The molecule has 3 heterocycles.